The highest BCUT2D eigenvalue weighted by Gasteiger charge is 2.44. The molecule has 1 aromatic heterocycles. The Bertz CT molecular complexity index is 608. The van der Waals surface area contributed by atoms with Gasteiger partial charge in [0, 0.05) is 5.39 Å². The van der Waals surface area contributed by atoms with Gasteiger partial charge in [-0.1, -0.05) is 31.0 Å². The van der Waals surface area contributed by atoms with Crippen molar-refractivity contribution in [3.05, 3.63) is 35.6 Å². The van der Waals surface area contributed by atoms with Crippen molar-refractivity contribution in [2.45, 2.75) is 44.2 Å². The van der Waals surface area contributed by atoms with Crippen LogP contribution < -0.4 is 0 Å². The van der Waals surface area contributed by atoms with E-state index in [0.29, 0.717) is 5.76 Å². The third-order valence-corrected chi connectivity index (χ3v) is 4.90. The summed E-state index contributed by atoms with van der Waals surface area (Å²) < 4.78 is 5.97. The van der Waals surface area contributed by atoms with Gasteiger partial charge in [0.05, 0.1) is 5.54 Å². The lowest BCUT2D eigenvalue weighted by Gasteiger charge is -2.39. The van der Waals surface area contributed by atoms with Crippen LogP contribution in [-0.2, 0) is 0 Å². The maximum atomic E-state index is 10.9. The molecule has 1 aliphatic rings. The molecule has 0 spiro atoms. The summed E-state index contributed by atoms with van der Waals surface area (Å²) in [6, 6.07) is 8.11. The Balaban J connectivity index is 2.03. The Kier molecular flexibility index (Phi) is 3.35. The van der Waals surface area contributed by atoms with E-state index in [2.05, 4.69) is 19.0 Å². The molecule has 3 rings (SSSR count). The molecular weight excluding hydrogens is 250 g/mol. The SMILES string of the molecule is Cc1cccc2cc(C(O)C3(N(C)C)CCCC3)oc12. The van der Waals surface area contributed by atoms with Gasteiger partial charge in [-0.15, -0.1) is 0 Å². The molecule has 1 N–H and O–H groups in total. The number of furan rings is 1. The zero-order valence-corrected chi connectivity index (χ0v) is 12.5. The van der Waals surface area contributed by atoms with Gasteiger partial charge in [-0.2, -0.15) is 0 Å². The van der Waals surface area contributed by atoms with E-state index in [1.807, 2.05) is 31.2 Å². The first kappa shape index (κ1) is 13.7. The predicted octanol–water partition coefficient (Wildman–Crippen LogP) is 3.65. The quantitative estimate of drug-likeness (QED) is 0.927. The average Bonchev–Trinajstić information content (AvgIpc) is 3.06. The van der Waals surface area contributed by atoms with Crippen LogP contribution in [0.3, 0.4) is 0 Å². The van der Waals surface area contributed by atoms with Gasteiger partial charge in [0.1, 0.15) is 17.4 Å². The van der Waals surface area contributed by atoms with Crippen LogP contribution in [0.1, 0.15) is 43.1 Å². The Morgan fingerprint density at radius 2 is 1.95 bits per heavy atom. The monoisotopic (exact) mass is 273 g/mol. The van der Waals surface area contributed by atoms with Crippen LogP contribution in [0.15, 0.2) is 28.7 Å². The Morgan fingerprint density at radius 1 is 1.25 bits per heavy atom. The zero-order chi connectivity index (χ0) is 14.3. The Labute approximate surface area is 120 Å². The van der Waals surface area contributed by atoms with E-state index in [4.69, 9.17) is 4.42 Å². The van der Waals surface area contributed by atoms with Crippen molar-refractivity contribution in [3.8, 4) is 0 Å². The van der Waals surface area contributed by atoms with Gasteiger partial charge >= 0.3 is 0 Å². The predicted molar refractivity (Wildman–Crippen MR) is 80.8 cm³/mol. The van der Waals surface area contributed by atoms with Crippen LogP contribution in [0.25, 0.3) is 11.0 Å². The van der Waals surface area contributed by atoms with Gasteiger partial charge < -0.3 is 14.4 Å². The minimum absolute atomic E-state index is 0.179. The van der Waals surface area contributed by atoms with E-state index in [1.54, 1.807) is 0 Å². The summed E-state index contributed by atoms with van der Waals surface area (Å²) in [5.74, 6) is 0.699. The number of fused-ring (bicyclic) bond motifs is 1. The van der Waals surface area contributed by atoms with Crippen LogP contribution in [0.2, 0.25) is 0 Å². The second-order valence-corrected chi connectivity index (χ2v) is 6.25. The summed E-state index contributed by atoms with van der Waals surface area (Å²) in [5, 5.41) is 12.0. The highest BCUT2D eigenvalue weighted by molar-refractivity contribution is 5.81. The van der Waals surface area contributed by atoms with Gasteiger partial charge in [-0.3, -0.25) is 0 Å². The molecular formula is C17H23NO2. The topological polar surface area (TPSA) is 36.6 Å². The van der Waals surface area contributed by atoms with Crippen molar-refractivity contribution in [1.82, 2.24) is 4.90 Å². The van der Waals surface area contributed by atoms with Crippen LogP contribution in [0.5, 0.6) is 0 Å². The first-order valence-corrected chi connectivity index (χ1v) is 7.39. The lowest BCUT2D eigenvalue weighted by Crippen LogP contribution is -2.46. The molecule has 0 amide bonds. The third kappa shape index (κ3) is 1.97. The Morgan fingerprint density at radius 3 is 2.55 bits per heavy atom. The fraction of sp³-hybridized carbons (Fsp3) is 0.529. The van der Waals surface area contributed by atoms with E-state index in [1.165, 1.54) is 12.8 Å². The highest BCUT2D eigenvalue weighted by atomic mass is 16.4. The van der Waals surface area contributed by atoms with E-state index in [0.717, 1.165) is 29.4 Å². The summed E-state index contributed by atoms with van der Waals surface area (Å²) in [5.41, 5.74) is 1.83. The maximum absolute atomic E-state index is 10.9. The molecule has 0 bridgehead atoms. The normalized spacial score (nSPS) is 19.9. The van der Waals surface area contributed by atoms with Crippen LogP contribution >= 0.6 is 0 Å². The number of para-hydroxylation sites is 1. The van der Waals surface area contributed by atoms with E-state index in [9.17, 15) is 5.11 Å². The molecule has 0 saturated heterocycles. The van der Waals surface area contributed by atoms with Gasteiger partial charge in [-0.25, -0.2) is 0 Å². The summed E-state index contributed by atoms with van der Waals surface area (Å²) >= 11 is 0. The summed E-state index contributed by atoms with van der Waals surface area (Å²) in [7, 11) is 4.12. The number of rotatable bonds is 3. The third-order valence-electron chi connectivity index (χ3n) is 4.90. The number of aliphatic hydroxyl groups excluding tert-OH is 1. The number of nitrogens with zero attached hydrogens (tertiary/aromatic N) is 1. The molecule has 1 aromatic carbocycles. The number of aliphatic hydroxyl groups is 1. The molecule has 3 nitrogen and oxygen atoms in total. The molecule has 1 aliphatic carbocycles. The molecule has 3 heteroatoms. The van der Waals surface area contributed by atoms with E-state index >= 15 is 0 Å². The van der Waals surface area contributed by atoms with E-state index < -0.39 is 6.10 Å². The van der Waals surface area contributed by atoms with Crippen molar-refractivity contribution in [1.29, 1.82) is 0 Å². The van der Waals surface area contributed by atoms with Crippen molar-refractivity contribution < 1.29 is 9.52 Å². The molecule has 1 fully saturated rings. The molecule has 0 aliphatic heterocycles. The summed E-state index contributed by atoms with van der Waals surface area (Å²) in [6.45, 7) is 2.04. The number of likely N-dealkylation sites (N-methyl/N-ethyl adjacent to an activating group) is 1. The molecule has 2 aromatic rings. The van der Waals surface area contributed by atoms with Crippen molar-refractivity contribution in [2.75, 3.05) is 14.1 Å². The molecule has 20 heavy (non-hydrogen) atoms. The van der Waals surface area contributed by atoms with E-state index in [-0.39, 0.29) is 5.54 Å². The number of hydrogen-bond acceptors (Lipinski definition) is 3. The van der Waals surface area contributed by atoms with Crippen LogP contribution in [-0.4, -0.2) is 29.6 Å². The van der Waals surface area contributed by atoms with Gasteiger partial charge in [0.2, 0.25) is 0 Å². The van der Waals surface area contributed by atoms with Crippen molar-refractivity contribution >= 4 is 11.0 Å². The Hall–Kier alpha value is -1.32. The fourth-order valence-electron chi connectivity index (χ4n) is 3.58. The van der Waals surface area contributed by atoms with Crippen molar-refractivity contribution in [3.63, 3.8) is 0 Å². The standard InChI is InChI=1S/C17H23NO2/c1-12-7-6-8-13-11-14(20-15(12)13)16(19)17(18(2)3)9-4-5-10-17/h6-8,11,16,19H,4-5,9-10H2,1-3H3. The number of aryl methyl sites for hydroxylation is 1. The van der Waals surface area contributed by atoms with Crippen LogP contribution in [0, 0.1) is 6.92 Å². The average molecular weight is 273 g/mol. The van der Waals surface area contributed by atoms with Crippen LogP contribution in [0.4, 0.5) is 0 Å². The molecule has 1 atom stereocenters. The lowest BCUT2D eigenvalue weighted by molar-refractivity contribution is -0.0163. The number of benzene rings is 1. The van der Waals surface area contributed by atoms with Gasteiger partial charge in [-0.05, 0) is 45.5 Å². The molecule has 1 unspecified atom stereocenters. The second kappa shape index (κ2) is 4.90. The minimum Gasteiger partial charge on any atom is -0.458 e. The highest BCUT2D eigenvalue weighted by Crippen LogP contribution is 2.44. The summed E-state index contributed by atoms with van der Waals surface area (Å²) in [4.78, 5) is 2.17. The van der Waals surface area contributed by atoms with Gasteiger partial charge in [0.15, 0.2) is 0 Å². The smallest absolute Gasteiger partial charge is 0.137 e. The maximum Gasteiger partial charge on any atom is 0.137 e. The largest absolute Gasteiger partial charge is 0.458 e. The number of hydrogen-bond donors (Lipinski definition) is 1. The van der Waals surface area contributed by atoms with Gasteiger partial charge in [0.25, 0.3) is 0 Å². The first-order chi connectivity index (χ1) is 9.54. The fourth-order valence-corrected chi connectivity index (χ4v) is 3.58. The zero-order valence-electron chi connectivity index (χ0n) is 12.5. The summed E-state index contributed by atoms with van der Waals surface area (Å²) in [6.07, 6.45) is 3.84. The minimum atomic E-state index is -0.563. The molecule has 1 saturated carbocycles. The lowest BCUT2D eigenvalue weighted by atomic mass is 9.87. The molecule has 108 valence electrons. The van der Waals surface area contributed by atoms with Crippen molar-refractivity contribution in [2.24, 2.45) is 0 Å². The molecule has 0 radical (unpaired) electrons. The molecule has 1 heterocycles. The second-order valence-electron chi connectivity index (χ2n) is 6.25. The first-order valence-electron chi connectivity index (χ1n) is 7.39.